The van der Waals surface area contributed by atoms with E-state index in [2.05, 4.69) is 39.1 Å². The molecule has 0 bridgehead atoms. The van der Waals surface area contributed by atoms with Gasteiger partial charge in [-0.25, -0.2) is 0 Å². The van der Waals surface area contributed by atoms with Crippen LogP contribution in [-0.2, 0) is 4.79 Å². The van der Waals surface area contributed by atoms with E-state index in [1.807, 2.05) is 0 Å². The normalized spacial score (nSPS) is 40.0. The van der Waals surface area contributed by atoms with E-state index in [4.69, 9.17) is 0 Å². The Bertz CT molecular complexity index is 419. The van der Waals surface area contributed by atoms with Crippen molar-refractivity contribution < 1.29 is 4.79 Å². The zero-order chi connectivity index (χ0) is 13.8. The summed E-state index contributed by atoms with van der Waals surface area (Å²) in [6.07, 6.45) is 3.33. The van der Waals surface area contributed by atoms with Crippen LogP contribution in [0.5, 0.6) is 0 Å². The van der Waals surface area contributed by atoms with Crippen molar-refractivity contribution >= 4 is 5.91 Å². The van der Waals surface area contributed by atoms with Gasteiger partial charge in [0.2, 0.25) is 5.91 Å². The second-order valence-electron chi connectivity index (χ2n) is 7.34. The second-order valence-corrected chi connectivity index (χ2v) is 7.34. The van der Waals surface area contributed by atoms with Crippen LogP contribution in [0.15, 0.2) is 0 Å². The molecule has 0 saturated heterocycles. The number of nitrogens with one attached hydrogen (secondary N) is 1. The van der Waals surface area contributed by atoms with Gasteiger partial charge in [-0.3, -0.25) is 4.79 Å². The van der Waals surface area contributed by atoms with Gasteiger partial charge in [-0.15, -0.1) is 0 Å². The summed E-state index contributed by atoms with van der Waals surface area (Å²) in [6.45, 7) is 8.68. The second kappa shape index (κ2) is 3.73. The zero-order valence-electron chi connectivity index (χ0n) is 12.1. The molecule has 2 aliphatic carbocycles. The molecule has 0 aromatic carbocycles. The highest BCUT2D eigenvalue weighted by atomic mass is 16.2. The molecule has 3 heteroatoms. The monoisotopic (exact) mass is 248 g/mol. The van der Waals surface area contributed by atoms with Gasteiger partial charge in [0.05, 0.1) is 6.07 Å². The summed E-state index contributed by atoms with van der Waals surface area (Å²) < 4.78 is 0. The molecule has 0 aliphatic heterocycles. The number of hydrogen-bond acceptors (Lipinski definition) is 2. The lowest BCUT2D eigenvalue weighted by Gasteiger charge is -2.66. The summed E-state index contributed by atoms with van der Waals surface area (Å²) >= 11 is 0. The quantitative estimate of drug-likeness (QED) is 0.775. The smallest absolute Gasteiger partial charge is 0.241 e. The molecule has 2 rings (SSSR count). The van der Waals surface area contributed by atoms with E-state index in [1.165, 1.54) is 6.42 Å². The van der Waals surface area contributed by atoms with Crippen LogP contribution in [0.4, 0.5) is 0 Å². The lowest BCUT2D eigenvalue weighted by atomic mass is 9.35. The lowest BCUT2D eigenvalue weighted by Crippen LogP contribution is -2.69. The molecule has 1 N–H and O–H groups in total. The minimum atomic E-state index is -0.829. The van der Waals surface area contributed by atoms with Crippen molar-refractivity contribution in [1.29, 1.82) is 5.26 Å². The summed E-state index contributed by atoms with van der Waals surface area (Å²) in [4.78, 5) is 12.3. The molecule has 3 unspecified atom stereocenters. The molecular weight excluding hydrogens is 224 g/mol. The summed E-state index contributed by atoms with van der Waals surface area (Å²) in [5.74, 6) is 0.651. The van der Waals surface area contributed by atoms with Crippen molar-refractivity contribution in [2.24, 2.45) is 28.1 Å². The van der Waals surface area contributed by atoms with Crippen LogP contribution in [0, 0.1) is 39.4 Å². The Kier molecular flexibility index (Phi) is 2.77. The molecule has 1 amide bonds. The van der Waals surface area contributed by atoms with E-state index in [0.717, 1.165) is 12.8 Å². The van der Waals surface area contributed by atoms with E-state index in [-0.39, 0.29) is 22.7 Å². The van der Waals surface area contributed by atoms with Gasteiger partial charge < -0.3 is 5.32 Å². The van der Waals surface area contributed by atoms with Gasteiger partial charge in [-0.2, -0.15) is 5.26 Å². The predicted molar refractivity (Wildman–Crippen MR) is 70.5 cm³/mol. The van der Waals surface area contributed by atoms with E-state index in [9.17, 15) is 10.1 Å². The summed E-state index contributed by atoms with van der Waals surface area (Å²) in [5.41, 5.74) is -0.777. The number of carbonyl (C=O) groups excluding carboxylic acids is 1. The number of carbonyl (C=O) groups is 1. The van der Waals surface area contributed by atoms with Crippen molar-refractivity contribution in [1.82, 2.24) is 5.32 Å². The first-order valence-corrected chi connectivity index (χ1v) is 6.86. The minimum Gasteiger partial charge on any atom is -0.358 e. The third-order valence-electron chi connectivity index (χ3n) is 5.65. The van der Waals surface area contributed by atoms with Crippen LogP contribution >= 0.6 is 0 Å². The fraction of sp³-hybridized carbons (Fsp3) is 0.867. The molecule has 0 aromatic heterocycles. The fourth-order valence-electron chi connectivity index (χ4n) is 4.52. The minimum absolute atomic E-state index is 0.0889. The summed E-state index contributed by atoms with van der Waals surface area (Å²) in [5, 5.41) is 12.4. The molecule has 2 saturated carbocycles. The van der Waals surface area contributed by atoms with Crippen LogP contribution in [0.25, 0.3) is 0 Å². The number of hydrogen-bond donors (Lipinski definition) is 1. The van der Waals surface area contributed by atoms with E-state index < -0.39 is 5.41 Å². The van der Waals surface area contributed by atoms with Gasteiger partial charge >= 0.3 is 0 Å². The first-order chi connectivity index (χ1) is 8.23. The Balaban J connectivity index is 2.41. The molecule has 3 atom stereocenters. The molecule has 3 nitrogen and oxygen atoms in total. The lowest BCUT2D eigenvalue weighted by molar-refractivity contribution is -0.197. The predicted octanol–water partition coefficient (Wildman–Crippen LogP) is 2.72. The first kappa shape index (κ1) is 13.4. The maximum Gasteiger partial charge on any atom is 0.241 e. The third kappa shape index (κ3) is 1.38. The maximum absolute atomic E-state index is 12.3. The van der Waals surface area contributed by atoms with Crippen molar-refractivity contribution in [2.75, 3.05) is 7.05 Å². The summed E-state index contributed by atoms with van der Waals surface area (Å²) in [7, 11) is 1.64. The van der Waals surface area contributed by atoms with Crippen LogP contribution in [-0.4, -0.2) is 13.0 Å². The molecule has 0 radical (unpaired) electrons. The Morgan fingerprint density at radius 2 is 1.89 bits per heavy atom. The third-order valence-corrected chi connectivity index (χ3v) is 5.65. The average molecular weight is 248 g/mol. The van der Waals surface area contributed by atoms with Gasteiger partial charge in [0.15, 0.2) is 0 Å². The first-order valence-electron chi connectivity index (χ1n) is 6.86. The standard InChI is InChI=1S/C15H24N2O/c1-13(2)7-6-10-11(8-13)15(9-16,12(18)17-5)14(10,3)4/h10-11H,6-8H2,1-5H3,(H,17,18). The molecule has 2 fully saturated rings. The average Bonchev–Trinajstić information content (AvgIpc) is 2.28. The molecule has 2 aliphatic rings. The van der Waals surface area contributed by atoms with Crippen molar-refractivity contribution in [3.63, 3.8) is 0 Å². The number of rotatable bonds is 1. The van der Waals surface area contributed by atoms with Crippen LogP contribution in [0.2, 0.25) is 0 Å². The number of nitrogens with zero attached hydrogens (tertiary/aromatic N) is 1. The zero-order valence-corrected chi connectivity index (χ0v) is 12.1. The fourth-order valence-corrected chi connectivity index (χ4v) is 4.52. The van der Waals surface area contributed by atoms with Crippen molar-refractivity contribution in [2.45, 2.75) is 47.0 Å². The van der Waals surface area contributed by atoms with Crippen LogP contribution < -0.4 is 5.32 Å². The van der Waals surface area contributed by atoms with E-state index in [0.29, 0.717) is 5.92 Å². The molecule has 18 heavy (non-hydrogen) atoms. The van der Waals surface area contributed by atoms with Crippen LogP contribution in [0.1, 0.15) is 47.0 Å². The van der Waals surface area contributed by atoms with Crippen LogP contribution in [0.3, 0.4) is 0 Å². The van der Waals surface area contributed by atoms with Gasteiger partial charge in [0, 0.05) is 7.05 Å². The van der Waals surface area contributed by atoms with Gasteiger partial charge in [-0.1, -0.05) is 27.7 Å². The highest BCUT2D eigenvalue weighted by Crippen LogP contribution is 2.70. The summed E-state index contributed by atoms with van der Waals surface area (Å²) in [6, 6.07) is 2.38. The van der Waals surface area contributed by atoms with E-state index in [1.54, 1.807) is 7.05 Å². The maximum atomic E-state index is 12.3. The molecule has 0 spiro atoms. The number of fused-ring (bicyclic) bond motifs is 1. The van der Waals surface area contributed by atoms with Crippen molar-refractivity contribution in [3.05, 3.63) is 0 Å². The van der Waals surface area contributed by atoms with Gasteiger partial charge in [0.25, 0.3) is 0 Å². The number of nitriles is 1. The molecule has 0 aromatic rings. The highest BCUT2D eigenvalue weighted by Gasteiger charge is 2.72. The highest BCUT2D eigenvalue weighted by molar-refractivity contribution is 5.88. The molecular formula is C15H24N2O. The molecule has 0 heterocycles. The Labute approximate surface area is 110 Å². The largest absolute Gasteiger partial charge is 0.358 e. The SMILES string of the molecule is CNC(=O)C1(C#N)C2CC(C)(C)CCC2C1(C)C. The topological polar surface area (TPSA) is 52.9 Å². The Hall–Kier alpha value is -1.04. The Morgan fingerprint density at radius 1 is 1.28 bits per heavy atom. The van der Waals surface area contributed by atoms with Crippen molar-refractivity contribution in [3.8, 4) is 6.07 Å². The van der Waals surface area contributed by atoms with E-state index >= 15 is 0 Å². The van der Waals surface area contributed by atoms with Gasteiger partial charge in [-0.05, 0) is 41.9 Å². The van der Waals surface area contributed by atoms with Gasteiger partial charge in [0.1, 0.15) is 5.41 Å². The molecule has 100 valence electrons. The Morgan fingerprint density at radius 3 is 2.39 bits per heavy atom. The number of amides is 1.